The number of benzene rings is 1. The maximum atomic E-state index is 13.9. The summed E-state index contributed by atoms with van der Waals surface area (Å²) in [4.78, 5) is 4.49. The molecule has 1 saturated carbocycles. The van der Waals surface area contributed by atoms with Crippen molar-refractivity contribution in [3.05, 3.63) is 63.9 Å². The summed E-state index contributed by atoms with van der Waals surface area (Å²) in [6.07, 6.45) is 7.56. The minimum atomic E-state index is -0.545. The molecule has 2 fully saturated rings. The molecule has 1 unspecified atom stereocenters. The highest BCUT2D eigenvalue weighted by Crippen LogP contribution is 2.50. The molecule has 162 valence electrons. The van der Waals surface area contributed by atoms with E-state index in [1.807, 2.05) is 25.4 Å². The van der Waals surface area contributed by atoms with Crippen LogP contribution in [-0.4, -0.2) is 27.9 Å². The minimum Gasteiger partial charge on any atom is -0.484 e. The Morgan fingerprint density at radius 1 is 1.23 bits per heavy atom. The maximum absolute atomic E-state index is 13.9. The highest BCUT2D eigenvalue weighted by atomic mass is 35.5. The van der Waals surface area contributed by atoms with Gasteiger partial charge in [-0.15, -0.1) is 0 Å². The highest BCUT2D eigenvalue weighted by Gasteiger charge is 2.49. The van der Waals surface area contributed by atoms with Crippen molar-refractivity contribution in [1.82, 2.24) is 20.1 Å². The van der Waals surface area contributed by atoms with Gasteiger partial charge in [-0.05, 0) is 50.3 Å². The fourth-order valence-electron chi connectivity index (χ4n) is 4.54. The van der Waals surface area contributed by atoms with Gasteiger partial charge in [0.25, 0.3) is 0 Å². The van der Waals surface area contributed by atoms with E-state index in [4.69, 9.17) is 27.9 Å². The smallest absolute Gasteiger partial charge is 0.142 e. The van der Waals surface area contributed by atoms with E-state index in [-0.39, 0.29) is 5.02 Å². The third-order valence-corrected chi connectivity index (χ3v) is 7.19. The molecule has 5 nitrogen and oxygen atoms in total. The van der Waals surface area contributed by atoms with Gasteiger partial charge in [0.2, 0.25) is 0 Å². The van der Waals surface area contributed by atoms with Crippen LogP contribution in [0.3, 0.4) is 0 Å². The normalized spacial score (nSPS) is 18.5. The lowest BCUT2D eigenvalue weighted by molar-refractivity contribution is 0.00238. The summed E-state index contributed by atoms with van der Waals surface area (Å²) in [6.45, 7) is 5.90. The number of aromatic nitrogens is 3. The maximum Gasteiger partial charge on any atom is 0.142 e. The summed E-state index contributed by atoms with van der Waals surface area (Å²) in [5, 5.41) is 8.29. The standard InChI is InChI=1S/C23H23Cl2FN4O/c1-13-20(31-14(2)21-18(24)3-4-19(26)22(21)25)5-15(8-28-13)16-9-29-30(10-16)17-6-23(7-17)11-27-12-23/h3-5,8-10,14,17,27H,6-7,11-12H2,1-2H3. The molecule has 1 aromatic carbocycles. The van der Waals surface area contributed by atoms with Gasteiger partial charge in [0.15, 0.2) is 0 Å². The van der Waals surface area contributed by atoms with Crippen molar-refractivity contribution >= 4 is 23.2 Å². The lowest BCUT2D eigenvalue weighted by atomic mass is 9.62. The Balaban J connectivity index is 1.36. The zero-order valence-corrected chi connectivity index (χ0v) is 18.8. The van der Waals surface area contributed by atoms with E-state index in [1.54, 1.807) is 6.92 Å². The van der Waals surface area contributed by atoms with Crippen molar-refractivity contribution in [2.24, 2.45) is 5.41 Å². The zero-order valence-electron chi connectivity index (χ0n) is 17.3. The molecule has 1 spiro atoms. The molecule has 2 aliphatic rings. The van der Waals surface area contributed by atoms with Crippen LogP contribution in [0, 0.1) is 18.2 Å². The Hall–Kier alpha value is -2.15. The Kier molecular flexibility index (Phi) is 5.19. The second-order valence-electron chi connectivity index (χ2n) is 8.70. The number of nitrogens with zero attached hydrogens (tertiary/aromatic N) is 3. The molecule has 0 amide bonds. The minimum absolute atomic E-state index is 0.0250. The van der Waals surface area contributed by atoms with Crippen molar-refractivity contribution in [3.8, 4) is 16.9 Å². The first kappa shape index (κ1) is 20.7. The van der Waals surface area contributed by atoms with Crippen LogP contribution in [0.4, 0.5) is 4.39 Å². The summed E-state index contributed by atoms with van der Waals surface area (Å²) in [5.41, 5.74) is 3.54. The van der Waals surface area contributed by atoms with Gasteiger partial charge >= 0.3 is 0 Å². The van der Waals surface area contributed by atoms with Crippen molar-refractivity contribution in [2.75, 3.05) is 13.1 Å². The lowest BCUT2D eigenvalue weighted by Gasteiger charge is -2.54. The molecular formula is C23H23Cl2FN4O. The van der Waals surface area contributed by atoms with Crippen LogP contribution in [0.5, 0.6) is 5.75 Å². The third-order valence-electron chi connectivity index (χ3n) is 6.48. The third kappa shape index (κ3) is 3.71. The molecule has 0 bridgehead atoms. The number of pyridine rings is 1. The van der Waals surface area contributed by atoms with Gasteiger partial charge < -0.3 is 10.1 Å². The van der Waals surface area contributed by atoms with Crippen LogP contribution in [0.2, 0.25) is 10.0 Å². The van der Waals surface area contributed by atoms with Crippen LogP contribution >= 0.6 is 23.2 Å². The topological polar surface area (TPSA) is 52.0 Å². The highest BCUT2D eigenvalue weighted by molar-refractivity contribution is 6.36. The molecule has 2 aromatic heterocycles. The molecule has 0 radical (unpaired) electrons. The number of rotatable bonds is 5. The van der Waals surface area contributed by atoms with Crippen molar-refractivity contribution < 1.29 is 9.13 Å². The van der Waals surface area contributed by atoms with Gasteiger partial charge in [-0.25, -0.2) is 4.39 Å². The van der Waals surface area contributed by atoms with E-state index < -0.39 is 11.9 Å². The summed E-state index contributed by atoms with van der Waals surface area (Å²) in [7, 11) is 0. The Bertz CT molecular complexity index is 1140. The van der Waals surface area contributed by atoms with E-state index in [9.17, 15) is 4.39 Å². The molecular weight excluding hydrogens is 438 g/mol. The SMILES string of the molecule is Cc1ncc(-c2cnn(C3CC4(CNC4)C3)c2)cc1OC(C)c1c(Cl)ccc(F)c1Cl. The van der Waals surface area contributed by atoms with E-state index in [2.05, 4.69) is 26.3 Å². The average molecular weight is 461 g/mol. The fourth-order valence-corrected chi connectivity index (χ4v) is 5.21. The molecule has 3 aromatic rings. The number of nitrogens with one attached hydrogen (secondary N) is 1. The summed E-state index contributed by atoms with van der Waals surface area (Å²) < 4.78 is 22.1. The van der Waals surface area contributed by atoms with Gasteiger partial charge in [0.05, 0.1) is 23.0 Å². The van der Waals surface area contributed by atoms with Crippen LogP contribution in [0.1, 0.15) is 43.2 Å². The van der Waals surface area contributed by atoms with E-state index in [1.165, 1.54) is 25.0 Å². The molecule has 1 aliphatic carbocycles. The van der Waals surface area contributed by atoms with Crippen molar-refractivity contribution in [1.29, 1.82) is 0 Å². The number of aryl methyl sites for hydroxylation is 1. The van der Waals surface area contributed by atoms with Gasteiger partial charge in [-0.3, -0.25) is 9.67 Å². The van der Waals surface area contributed by atoms with E-state index in [0.717, 1.165) is 29.9 Å². The zero-order chi connectivity index (χ0) is 21.8. The largest absolute Gasteiger partial charge is 0.484 e. The first-order chi connectivity index (χ1) is 14.8. The van der Waals surface area contributed by atoms with Gasteiger partial charge in [-0.2, -0.15) is 5.10 Å². The Morgan fingerprint density at radius 3 is 2.71 bits per heavy atom. The van der Waals surface area contributed by atoms with Crippen LogP contribution in [0.15, 0.2) is 36.8 Å². The monoisotopic (exact) mass is 460 g/mol. The summed E-state index contributed by atoms with van der Waals surface area (Å²) in [5.74, 6) is 0.0697. The number of ether oxygens (including phenoxy) is 1. The molecule has 1 N–H and O–H groups in total. The van der Waals surface area contributed by atoms with Gasteiger partial charge in [0, 0.05) is 47.2 Å². The fraction of sp³-hybridized carbons (Fsp3) is 0.391. The van der Waals surface area contributed by atoms with Crippen molar-refractivity contribution in [3.63, 3.8) is 0 Å². The molecule has 3 heterocycles. The molecule has 1 aliphatic heterocycles. The Morgan fingerprint density at radius 2 is 2.00 bits per heavy atom. The number of hydrogen-bond donors (Lipinski definition) is 1. The molecule has 8 heteroatoms. The average Bonchev–Trinajstić information content (AvgIpc) is 3.14. The number of halogens is 3. The first-order valence-electron chi connectivity index (χ1n) is 10.4. The molecule has 31 heavy (non-hydrogen) atoms. The van der Waals surface area contributed by atoms with Crippen LogP contribution < -0.4 is 10.1 Å². The van der Waals surface area contributed by atoms with Gasteiger partial charge in [-0.1, -0.05) is 23.2 Å². The second-order valence-corrected chi connectivity index (χ2v) is 9.48. The quantitative estimate of drug-likeness (QED) is 0.491. The predicted molar refractivity (Wildman–Crippen MR) is 119 cm³/mol. The molecule has 5 rings (SSSR count). The van der Waals surface area contributed by atoms with E-state index in [0.29, 0.717) is 27.8 Å². The van der Waals surface area contributed by atoms with E-state index >= 15 is 0 Å². The summed E-state index contributed by atoms with van der Waals surface area (Å²) >= 11 is 12.4. The van der Waals surface area contributed by atoms with Crippen molar-refractivity contribution in [2.45, 2.75) is 38.8 Å². The number of hydrogen-bond acceptors (Lipinski definition) is 4. The van der Waals surface area contributed by atoms with Gasteiger partial charge in [0.1, 0.15) is 17.7 Å². The summed E-state index contributed by atoms with van der Waals surface area (Å²) in [6, 6.07) is 5.12. The second kappa shape index (κ2) is 7.76. The molecule has 1 atom stereocenters. The van der Waals surface area contributed by atoms with Crippen LogP contribution in [-0.2, 0) is 0 Å². The lowest BCUT2D eigenvalue weighted by Crippen LogP contribution is -2.60. The predicted octanol–water partition coefficient (Wildman–Crippen LogP) is 5.76. The first-order valence-corrected chi connectivity index (χ1v) is 11.1. The Labute approximate surface area is 190 Å². The van der Waals surface area contributed by atoms with Crippen LogP contribution in [0.25, 0.3) is 11.1 Å². The molecule has 1 saturated heterocycles.